The molecule has 1 heterocycles. The maximum absolute atomic E-state index is 12.8. The first-order chi connectivity index (χ1) is 8.15. The number of pyridine rings is 1. The molecule has 5 heteroatoms. The maximum atomic E-state index is 12.8. The van der Waals surface area contributed by atoms with Gasteiger partial charge in [0, 0.05) is 12.1 Å². The molecule has 17 heavy (non-hydrogen) atoms. The Hall–Kier alpha value is -2.30. The molecule has 1 aromatic heterocycles. The standard InChI is InChI=1S/C12H7F2NO2/c13-10-6-8(7-11(14)15-10)12(16)17-9-4-2-1-3-5-9/h1-7H. The van der Waals surface area contributed by atoms with Gasteiger partial charge >= 0.3 is 5.97 Å². The predicted molar refractivity (Wildman–Crippen MR) is 55.6 cm³/mol. The van der Waals surface area contributed by atoms with Crippen molar-refractivity contribution in [3.05, 3.63) is 59.9 Å². The zero-order chi connectivity index (χ0) is 12.3. The van der Waals surface area contributed by atoms with Crippen molar-refractivity contribution in [2.45, 2.75) is 0 Å². The molecule has 0 N–H and O–H groups in total. The number of esters is 1. The first-order valence-corrected chi connectivity index (χ1v) is 4.75. The Morgan fingerprint density at radius 1 is 1.06 bits per heavy atom. The SMILES string of the molecule is O=C(Oc1ccccc1)c1cc(F)nc(F)c1. The van der Waals surface area contributed by atoms with Gasteiger partial charge in [0.25, 0.3) is 0 Å². The molecule has 0 aliphatic rings. The van der Waals surface area contributed by atoms with E-state index in [0.717, 1.165) is 12.1 Å². The quantitative estimate of drug-likeness (QED) is 0.456. The molecule has 86 valence electrons. The highest BCUT2D eigenvalue weighted by atomic mass is 19.1. The lowest BCUT2D eigenvalue weighted by atomic mass is 10.2. The molecule has 0 saturated carbocycles. The summed E-state index contributed by atoms with van der Waals surface area (Å²) in [6.45, 7) is 0. The highest BCUT2D eigenvalue weighted by molar-refractivity contribution is 5.90. The predicted octanol–water partition coefficient (Wildman–Crippen LogP) is 2.58. The Bertz CT molecular complexity index is 523. The maximum Gasteiger partial charge on any atom is 0.343 e. The lowest BCUT2D eigenvalue weighted by Gasteiger charge is -2.03. The van der Waals surface area contributed by atoms with E-state index in [4.69, 9.17) is 4.74 Å². The third-order valence-corrected chi connectivity index (χ3v) is 1.95. The summed E-state index contributed by atoms with van der Waals surface area (Å²) >= 11 is 0. The molecule has 0 bridgehead atoms. The fourth-order valence-corrected chi connectivity index (χ4v) is 1.24. The number of hydrogen-bond donors (Lipinski definition) is 0. The van der Waals surface area contributed by atoms with Crippen molar-refractivity contribution in [3.63, 3.8) is 0 Å². The van der Waals surface area contributed by atoms with Crippen LogP contribution in [0.4, 0.5) is 8.78 Å². The lowest BCUT2D eigenvalue weighted by molar-refractivity contribution is 0.0733. The number of carbonyl (C=O) groups is 1. The van der Waals surface area contributed by atoms with Crippen LogP contribution in [0, 0.1) is 11.9 Å². The number of para-hydroxylation sites is 1. The van der Waals surface area contributed by atoms with Crippen LogP contribution in [0.15, 0.2) is 42.5 Å². The number of halogens is 2. The van der Waals surface area contributed by atoms with Crippen LogP contribution in [0.3, 0.4) is 0 Å². The lowest BCUT2D eigenvalue weighted by Crippen LogP contribution is -2.10. The molecule has 2 rings (SSSR count). The monoisotopic (exact) mass is 235 g/mol. The number of aromatic nitrogens is 1. The van der Waals surface area contributed by atoms with Gasteiger partial charge in [0.1, 0.15) is 5.75 Å². The molecule has 0 radical (unpaired) electrons. The fourth-order valence-electron chi connectivity index (χ4n) is 1.24. The molecule has 0 unspecified atom stereocenters. The van der Waals surface area contributed by atoms with Crippen LogP contribution in [0.5, 0.6) is 5.75 Å². The van der Waals surface area contributed by atoms with Crippen LogP contribution in [0.1, 0.15) is 10.4 Å². The average molecular weight is 235 g/mol. The summed E-state index contributed by atoms with van der Waals surface area (Å²) in [5.74, 6) is -2.67. The molecule has 2 aromatic rings. The normalized spacial score (nSPS) is 10.0. The molecular weight excluding hydrogens is 228 g/mol. The Labute approximate surface area is 95.7 Å². The summed E-state index contributed by atoms with van der Waals surface area (Å²) in [4.78, 5) is 14.4. The number of ether oxygens (including phenoxy) is 1. The number of rotatable bonds is 2. The van der Waals surface area contributed by atoms with Gasteiger partial charge in [-0.2, -0.15) is 13.8 Å². The summed E-state index contributed by atoms with van der Waals surface area (Å²) in [5, 5.41) is 0. The third-order valence-electron chi connectivity index (χ3n) is 1.95. The second-order valence-electron chi connectivity index (χ2n) is 3.20. The van der Waals surface area contributed by atoms with Crippen molar-refractivity contribution < 1.29 is 18.3 Å². The third kappa shape index (κ3) is 2.84. The average Bonchev–Trinajstić information content (AvgIpc) is 2.29. The molecule has 0 aliphatic heterocycles. The smallest absolute Gasteiger partial charge is 0.343 e. The highest BCUT2D eigenvalue weighted by Crippen LogP contribution is 2.12. The summed E-state index contributed by atoms with van der Waals surface area (Å²) in [5.41, 5.74) is -0.223. The Morgan fingerprint density at radius 3 is 2.24 bits per heavy atom. The van der Waals surface area contributed by atoms with Gasteiger partial charge in [-0.05, 0) is 12.1 Å². The molecule has 0 atom stereocenters. The van der Waals surface area contributed by atoms with Gasteiger partial charge in [-0.15, -0.1) is 0 Å². The minimum Gasteiger partial charge on any atom is -0.423 e. The summed E-state index contributed by atoms with van der Waals surface area (Å²) in [6, 6.07) is 9.86. The first kappa shape index (κ1) is 11.2. The van der Waals surface area contributed by atoms with Crippen LogP contribution in [-0.2, 0) is 0 Å². The zero-order valence-electron chi connectivity index (χ0n) is 8.56. The van der Waals surface area contributed by atoms with Crippen molar-refractivity contribution >= 4 is 5.97 Å². The highest BCUT2D eigenvalue weighted by Gasteiger charge is 2.12. The largest absolute Gasteiger partial charge is 0.423 e. The van der Waals surface area contributed by atoms with Crippen LogP contribution in [-0.4, -0.2) is 11.0 Å². The number of hydrogen-bond acceptors (Lipinski definition) is 3. The summed E-state index contributed by atoms with van der Waals surface area (Å²) < 4.78 is 30.4. The van der Waals surface area contributed by atoms with Crippen molar-refractivity contribution in [1.29, 1.82) is 0 Å². The minimum absolute atomic E-state index is 0.223. The van der Waals surface area contributed by atoms with E-state index < -0.39 is 17.9 Å². The molecule has 0 aliphatic carbocycles. The van der Waals surface area contributed by atoms with Gasteiger partial charge in [-0.25, -0.2) is 4.79 Å². The fraction of sp³-hybridized carbons (Fsp3) is 0. The van der Waals surface area contributed by atoms with Gasteiger partial charge in [-0.1, -0.05) is 18.2 Å². The van der Waals surface area contributed by atoms with Crippen LogP contribution in [0.25, 0.3) is 0 Å². The number of nitrogens with zero attached hydrogens (tertiary/aromatic N) is 1. The Balaban J connectivity index is 2.20. The summed E-state index contributed by atoms with van der Waals surface area (Å²) in [6.07, 6.45) is 0. The van der Waals surface area contributed by atoms with Crippen molar-refractivity contribution in [2.24, 2.45) is 0 Å². The van der Waals surface area contributed by atoms with Crippen molar-refractivity contribution in [3.8, 4) is 5.75 Å². The van der Waals surface area contributed by atoms with Gasteiger partial charge < -0.3 is 4.74 Å². The van der Waals surface area contributed by atoms with Crippen LogP contribution < -0.4 is 4.74 Å². The number of carbonyl (C=O) groups excluding carboxylic acids is 1. The van der Waals surface area contributed by atoms with Crippen LogP contribution in [0.2, 0.25) is 0 Å². The van der Waals surface area contributed by atoms with E-state index in [1.165, 1.54) is 0 Å². The van der Waals surface area contributed by atoms with Crippen molar-refractivity contribution in [1.82, 2.24) is 4.98 Å². The van der Waals surface area contributed by atoms with E-state index >= 15 is 0 Å². The Kier molecular flexibility index (Phi) is 3.09. The molecule has 3 nitrogen and oxygen atoms in total. The second kappa shape index (κ2) is 4.69. The zero-order valence-corrected chi connectivity index (χ0v) is 8.56. The van der Waals surface area contributed by atoms with Crippen LogP contribution >= 0.6 is 0 Å². The topological polar surface area (TPSA) is 39.2 Å². The van der Waals surface area contributed by atoms with Gasteiger partial charge in [0.2, 0.25) is 11.9 Å². The molecule has 0 spiro atoms. The minimum atomic E-state index is -1.06. The van der Waals surface area contributed by atoms with E-state index in [1.54, 1.807) is 30.3 Å². The molecule has 1 aromatic carbocycles. The van der Waals surface area contributed by atoms with E-state index in [1.807, 2.05) is 0 Å². The Morgan fingerprint density at radius 2 is 1.65 bits per heavy atom. The van der Waals surface area contributed by atoms with E-state index in [9.17, 15) is 13.6 Å². The molecule has 0 saturated heterocycles. The summed E-state index contributed by atoms with van der Waals surface area (Å²) in [7, 11) is 0. The van der Waals surface area contributed by atoms with E-state index in [-0.39, 0.29) is 5.56 Å². The number of benzene rings is 1. The van der Waals surface area contributed by atoms with Gasteiger partial charge in [-0.3, -0.25) is 0 Å². The molecule has 0 amide bonds. The molecular formula is C12H7F2NO2. The second-order valence-corrected chi connectivity index (χ2v) is 3.20. The first-order valence-electron chi connectivity index (χ1n) is 4.75. The van der Waals surface area contributed by atoms with Gasteiger partial charge in [0.05, 0.1) is 5.56 Å². The van der Waals surface area contributed by atoms with E-state index in [2.05, 4.69) is 4.98 Å². The van der Waals surface area contributed by atoms with Gasteiger partial charge in [0.15, 0.2) is 0 Å². The van der Waals surface area contributed by atoms with Crippen molar-refractivity contribution in [2.75, 3.05) is 0 Å². The molecule has 0 fully saturated rings. The van der Waals surface area contributed by atoms with E-state index in [0.29, 0.717) is 5.75 Å².